The normalized spacial score (nSPS) is 11.3. The smallest absolute Gasteiger partial charge is 0.337 e. The fourth-order valence-electron chi connectivity index (χ4n) is 2.86. The van der Waals surface area contributed by atoms with Crippen LogP contribution in [0.1, 0.15) is 41.5 Å². The van der Waals surface area contributed by atoms with Crippen molar-refractivity contribution in [3.63, 3.8) is 0 Å². The second kappa shape index (κ2) is 12.2. The maximum atomic E-state index is 12.5. The van der Waals surface area contributed by atoms with Crippen molar-refractivity contribution in [2.45, 2.75) is 26.8 Å². The maximum Gasteiger partial charge on any atom is 0.337 e. The summed E-state index contributed by atoms with van der Waals surface area (Å²) in [5.41, 5.74) is 0.979. The van der Waals surface area contributed by atoms with E-state index in [0.717, 1.165) is 0 Å². The van der Waals surface area contributed by atoms with Gasteiger partial charge in [-0.3, -0.25) is 9.59 Å². The van der Waals surface area contributed by atoms with Crippen molar-refractivity contribution in [1.29, 1.82) is 0 Å². The summed E-state index contributed by atoms with van der Waals surface area (Å²) in [5.74, 6) is -1.95. The van der Waals surface area contributed by atoms with Gasteiger partial charge in [0.15, 0.2) is 6.61 Å². The van der Waals surface area contributed by atoms with Gasteiger partial charge in [-0.2, -0.15) is 0 Å². The summed E-state index contributed by atoms with van der Waals surface area (Å²) >= 11 is 0. The van der Waals surface area contributed by atoms with Gasteiger partial charge in [-0.25, -0.2) is 9.59 Å². The number of methoxy groups -OCH3 is 1. The molecule has 0 aliphatic carbocycles. The average molecular weight is 456 g/mol. The van der Waals surface area contributed by atoms with Crippen LogP contribution in [0.2, 0.25) is 0 Å². The molecular formula is C24H28N2O7. The summed E-state index contributed by atoms with van der Waals surface area (Å²) in [6, 6.07) is 11.7. The van der Waals surface area contributed by atoms with Crippen LogP contribution in [-0.4, -0.2) is 50.1 Å². The van der Waals surface area contributed by atoms with Crippen LogP contribution < -0.4 is 15.4 Å². The third kappa shape index (κ3) is 7.64. The van der Waals surface area contributed by atoms with Crippen molar-refractivity contribution in [2.75, 3.05) is 25.6 Å². The van der Waals surface area contributed by atoms with Crippen LogP contribution >= 0.6 is 0 Å². The van der Waals surface area contributed by atoms with Gasteiger partial charge in [-0.1, -0.05) is 19.9 Å². The Morgan fingerprint density at radius 1 is 0.970 bits per heavy atom. The first-order valence-corrected chi connectivity index (χ1v) is 10.4. The van der Waals surface area contributed by atoms with Gasteiger partial charge < -0.3 is 24.8 Å². The van der Waals surface area contributed by atoms with Gasteiger partial charge in [-0.15, -0.1) is 0 Å². The van der Waals surface area contributed by atoms with Crippen LogP contribution in [0.4, 0.5) is 5.69 Å². The lowest BCUT2D eigenvalue weighted by Gasteiger charge is -2.21. The first-order chi connectivity index (χ1) is 15.7. The fourth-order valence-corrected chi connectivity index (χ4v) is 2.86. The Labute approximate surface area is 192 Å². The molecule has 2 N–H and O–H groups in total. The fraction of sp³-hybridized carbons (Fsp3) is 0.333. The Kier molecular flexibility index (Phi) is 9.41. The van der Waals surface area contributed by atoms with Crippen LogP contribution in [0.3, 0.4) is 0 Å². The number of rotatable bonds is 10. The predicted octanol–water partition coefficient (Wildman–Crippen LogP) is 2.81. The minimum Gasteiger partial charge on any atom is -0.494 e. The van der Waals surface area contributed by atoms with Crippen LogP contribution in [0.5, 0.6) is 5.75 Å². The Morgan fingerprint density at radius 3 is 2.27 bits per heavy atom. The summed E-state index contributed by atoms with van der Waals surface area (Å²) in [6.07, 6.45) is 0. The second-order valence-corrected chi connectivity index (χ2v) is 7.38. The quantitative estimate of drug-likeness (QED) is 0.528. The molecule has 0 bridgehead atoms. The Hall–Kier alpha value is -3.88. The molecule has 33 heavy (non-hydrogen) atoms. The number of ether oxygens (including phenoxy) is 3. The van der Waals surface area contributed by atoms with Crippen LogP contribution in [-0.2, 0) is 19.1 Å². The number of esters is 2. The molecule has 0 spiro atoms. The number of hydrogen-bond acceptors (Lipinski definition) is 7. The number of benzene rings is 2. The number of carbonyl (C=O) groups excluding carboxylic acids is 4. The van der Waals surface area contributed by atoms with Crippen LogP contribution in [0.15, 0.2) is 48.5 Å². The molecule has 0 heterocycles. The molecule has 0 aromatic heterocycles. The van der Waals surface area contributed by atoms with Gasteiger partial charge in [0.05, 0.1) is 19.3 Å². The van der Waals surface area contributed by atoms with Gasteiger partial charge in [-0.05, 0) is 55.3 Å². The van der Waals surface area contributed by atoms with E-state index in [1.807, 2.05) is 6.92 Å². The zero-order valence-electron chi connectivity index (χ0n) is 19.0. The standard InChI is InChI=1S/C24H28N2O7/c1-5-32-19-11-9-16(10-12-19)22(28)26-21(15(2)3)24(30)33-14-20(27)25-18-8-6-7-17(13-18)23(29)31-4/h6-13,15,21H,5,14H2,1-4H3,(H,25,27)(H,26,28). The molecule has 2 aromatic carbocycles. The molecule has 2 aromatic rings. The van der Waals surface area contributed by atoms with Gasteiger partial charge in [0.1, 0.15) is 11.8 Å². The molecule has 1 atom stereocenters. The van der Waals surface area contributed by atoms with Crippen molar-refractivity contribution < 1.29 is 33.4 Å². The van der Waals surface area contributed by atoms with E-state index in [1.54, 1.807) is 56.3 Å². The molecule has 0 aliphatic heterocycles. The van der Waals surface area contributed by atoms with Gasteiger partial charge in [0, 0.05) is 11.3 Å². The zero-order valence-corrected chi connectivity index (χ0v) is 19.0. The lowest BCUT2D eigenvalue weighted by Crippen LogP contribution is -2.45. The lowest BCUT2D eigenvalue weighted by molar-refractivity contribution is -0.150. The van der Waals surface area contributed by atoms with Gasteiger partial charge >= 0.3 is 11.9 Å². The highest BCUT2D eigenvalue weighted by Gasteiger charge is 2.27. The van der Waals surface area contributed by atoms with E-state index in [-0.39, 0.29) is 11.5 Å². The Balaban J connectivity index is 1.93. The van der Waals surface area contributed by atoms with E-state index in [4.69, 9.17) is 9.47 Å². The number of amides is 2. The number of carbonyl (C=O) groups is 4. The molecule has 0 fully saturated rings. The highest BCUT2D eigenvalue weighted by atomic mass is 16.5. The SMILES string of the molecule is CCOc1ccc(C(=O)NC(C(=O)OCC(=O)Nc2cccc(C(=O)OC)c2)C(C)C)cc1. The number of hydrogen-bond donors (Lipinski definition) is 2. The Morgan fingerprint density at radius 2 is 1.67 bits per heavy atom. The summed E-state index contributed by atoms with van der Waals surface area (Å²) < 4.78 is 15.1. The maximum absolute atomic E-state index is 12.5. The highest BCUT2D eigenvalue weighted by Crippen LogP contribution is 2.14. The minimum atomic E-state index is -0.945. The molecule has 9 nitrogen and oxygen atoms in total. The predicted molar refractivity (Wildman–Crippen MR) is 121 cm³/mol. The molecule has 9 heteroatoms. The van der Waals surface area contributed by atoms with Gasteiger partial charge in [0.25, 0.3) is 11.8 Å². The Bertz CT molecular complexity index is 987. The van der Waals surface area contributed by atoms with Crippen molar-refractivity contribution >= 4 is 29.4 Å². The van der Waals surface area contributed by atoms with E-state index in [9.17, 15) is 19.2 Å². The molecule has 0 radical (unpaired) electrons. The lowest BCUT2D eigenvalue weighted by atomic mass is 10.0. The summed E-state index contributed by atoms with van der Waals surface area (Å²) in [7, 11) is 1.26. The first kappa shape index (κ1) is 25.4. The van der Waals surface area contributed by atoms with E-state index < -0.39 is 36.4 Å². The molecular weight excluding hydrogens is 428 g/mol. The van der Waals surface area contributed by atoms with Crippen LogP contribution in [0.25, 0.3) is 0 Å². The molecule has 176 valence electrons. The summed E-state index contributed by atoms with van der Waals surface area (Å²) in [6.45, 7) is 5.32. The van der Waals surface area contributed by atoms with Crippen molar-refractivity contribution in [3.05, 3.63) is 59.7 Å². The third-order valence-corrected chi connectivity index (χ3v) is 4.55. The zero-order chi connectivity index (χ0) is 24.4. The van der Waals surface area contributed by atoms with Crippen molar-refractivity contribution in [1.82, 2.24) is 5.32 Å². The number of anilines is 1. The molecule has 0 aliphatic rings. The summed E-state index contributed by atoms with van der Waals surface area (Å²) in [5, 5.41) is 5.19. The van der Waals surface area contributed by atoms with Crippen molar-refractivity contribution in [2.24, 2.45) is 5.92 Å². The molecule has 1 unspecified atom stereocenters. The van der Waals surface area contributed by atoms with Crippen LogP contribution in [0, 0.1) is 5.92 Å². The van der Waals surface area contributed by atoms with E-state index in [2.05, 4.69) is 15.4 Å². The largest absolute Gasteiger partial charge is 0.494 e. The van der Waals surface area contributed by atoms with E-state index in [0.29, 0.717) is 23.6 Å². The average Bonchev–Trinajstić information content (AvgIpc) is 2.81. The van der Waals surface area contributed by atoms with Crippen molar-refractivity contribution in [3.8, 4) is 5.75 Å². The highest BCUT2D eigenvalue weighted by molar-refractivity contribution is 5.98. The third-order valence-electron chi connectivity index (χ3n) is 4.55. The van der Waals surface area contributed by atoms with Gasteiger partial charge in [0.2, 0.25) is 0 Å². The molecule has 0 saturated heterocycles. The number of nitrogens with one attached hydrogen (secondary N) is 2. The monoisotopic (exact) mass is 456 g/mol. The summed E-state index contributed by atoms with van der Waals surface area (Å²) in [4.78, 5) is 48.9. The molecule has 2 rings (SSSR count). The first-order valence-electron chi connectivity index (χ1n) is 10.4. The van der Waals surface area contributed by atoms with E-state index >= 15 is 0 Å². The topological polar surface area (TPSA) is 120 Å². The minimum absolute atomic E-state index is 0.268. The molecule has 2 amide bonds. The molecule has 0 saturated carbocycles. The van der Waals surface area contributed by atoms with E-state index in [1.165, 1.54) is 13.2 Å². The second-order valence-electron chi connectivity index (χ2n) is 7.38.